The molecule has 3 unspecified atom stereocenters. The highest BCUT2D eigenvalue weighted by Gasteiger charge is 2.43. The topological polar surface area (TPSA) is 64.9 Å². The largest absolute Gasteiger partial charge is 0.391 e. The fourth-order valence-electron chi connectivity index (χ4n) is 2.64. The van der Waals surface area contributed by atoms with Crippen molar-refractivity contribution in [2.45, 2.75) is 64.6 Å². The average Bonchev–Trinajstić information content (AvgIpc) is 2.85. The third-order valence-corrected chi connectivity index (χ3v) is 4.15. The van der Waals surface area contributed by atoms with Gasteiger partial charge in [0.25, 0.3) is 0 Å². The minimum atomic E-state index is -4.15. The van der Waals surface area contributed by atoms with Gasteiger partial charge in [0.15, 0.2) is 5.82 Å². The summed E-state index contributed by atoms with van der Waals surface area (Å²) in [6, 6.07) is -0.406. The first-order valence-corrected chi connectivity index (χ1v) is 7.25. The van der Waals surface area contributed by atoms with E-state index in [2.05, 4.69) is 10.1 Å². The molecule has 1 aromatic heterocycles. The second-order valence-electron chi connectivity index (χ2n) is 6.94. The van der Waals surface area contributed by atoms with Gasteiger partial charge in [0.05, 0.1) is 12.0 Å². The first kappa shape index (κ1) is 16.3. The van der Waals surface area contributed by atoms with Gasteiger partial charge < -0.3 is 10.3 Å². The number of hydrogen-bond acceptors (Lipinski definition) is 4. The van der Waals surface area contributed by atoms with Crippen LogP contribution in [0.4, 0.5) is 13.2 Å². The summed E-state index contributed by atoms with van der Waals surface area (Å²) in [7, 11) is 0. The van der Waals surface area contributed by atoms with Crippen molar-refractivity contribution in [2.75, 3.05) is 0 Å². The lowest BCUT2D eigenvalue weighted by atomic mass is 9.81. The van der Waals surface area contributed by atoms with Crippen molar-refractivity contribution in [2.24, 2.45) is 17.1 Å². The third kappa shape index (κ3) is 3.75. The van der Waals surface area contributed by atoms with Gasteiger partial charge in [0.1, 0.15) is 0 Å². The molecule has 0 bridgehead atoms. The molecule has 0 aliphatic heterocycles. The molecular weight excluding hydrogens is 283 g/mol. The van der Waals surface area contributed by atoms with Crippen LogP contribution in [-0.2, 0) is 0 Å². The highest BCUT2D eigenvalue weighted by atomic mass is 19.4. The van der Waals surface area contributed by atoms with E-state index in [4.69, 9.17) is 10.3 Å². The van der Waals surface area contributed by atoms with Crippen molar-refractivity contribution in [3.63, 3.8) is 0 Å². The number of rotatable bonds is 2. The van der Waals surface area contributed by atoms with Crippen LogP contribution >= 0.6 is 0 Å². The van der Waals surface area contributed by atoms with Crippen LogP contribution in [0.5, 0.6) is 0 Å². The molecule has 120 valence electrons. The van der Waals surface area contributed by atoms with Gasteiger partial charge in [-0.3, -0.25) is 0 Å². The van der Waals surface area contributed by atoms with E-state index in [1.807, 2.05) is 20.8 Å². The third-order valence-electron chi connectivity index (χ3n) is 4.15. The van der Waals surface area contributed by atoms with Crippen molar-refractivity contribution in [1.82, 2.24) is 10.1 Å². The average molecular weight is 305 g/mol. The summed E-state index contributed by atoms with van der Waals surface area (Å²) in [5.41, 5.74) is 5.81. The van der Waals surface area contributed by atoms with Crippen LogP contribution in [0.15, 0.2) is 4.52 Å². The Bertz CT molecular complexity index is 479. The number of nitrogens with two attached hydrogens (primary N) is 1. The Labute approximate surface area is 122 Å². The van der Waals surface area contributed by atoms with Crippen molar-refractivity contribution in [1.29, 1.82) is 0 Å². The Morgan fingerprint density at radius 2 is 1.90 bits per heavy atom. The Morgan fingerprint density at radius 1 is 1.24 bits per heavy atom. The summed E-state index contributed by atoms with van der Waals surface area (Å²) >= 11 is 0. The minimum Gasteiger partial charge on any atom is -0.339 e. The summed E-state index contributed by atoms with van der Waals surface area (Å²) in [6.45, 7) is 5.86. The molecule has 3 atom stereocenters. The van der Waals surface area contributed by atoms with Crippen molar-refractivity contribution in [3.8, 4) is 0 Å². The van der Waals surface area contributed by atoms with E-state index in [0.717, 1.165) is 0 Å². The predicted octanol–water partition coefficient (Wildman–Crippen LogP) is 3.95. The predicted molar refractivity (Wildman–Crippen MR) is 71.4 cm³/mol. The Hall–Kier alpha value is -1.11. The normalized spacial score (nSPS) is 25.9. The quantitative estimate of drug-likeness (QED) is 0.898. The van der Waals surface area contributed by atoms with Crippen molar-refractivity contribution < 1.29 is 17.7 Å². The molecule has 0 saturated heterocycles. The summed E-state index contributed by atoms with van der Waals surface area (Å²) in [6.07, 6.45) is -2.77. The zero-order valence-electron chi connectivity index (χ0n) is 12.6. The van der Waals surface area contributed by atoms with Crippen LogP contribution in [-0.4, -0.2) is 16.3 Å². The standard InChI is InChI=1S/C14H22F3N3O/c1-13(2,3)10(18)11-19-12(21-20-11)8-5-4-6-9(7-8)14(15,16)17/h8-10H,4-7,18H2,1-3H3. The molecular formula is C14H22F3N3O. The molecule has 0 spiro atoms. The van der Waals surface area contributed by atoms with E-state index in [-0.39, 0.29) is 24.2 Å². The maximum Gasteiger partial charge on any atom is 0.391 e. The molecule has 1 saturated carbocycles. The lowest BCUT2D eigenvalue weighted by Crippen LogP contribution is -2.28. The minimum absolute atomic E-state index is 0.0237. The van der Waals surface area contributed by atoms with E-state index in [0.29, 0.717) is 24.6 Å². The number of alkyl halides is 3. The van der Waals surface area contributed by atoms with Crippen molar-refractivity contribution in [3.05, 3.63) is 11.7 Å². The molecule has 7 heteroatoms. The highest BCUT2D eigenvalue weighted by molar-refractivity contribution is 5.02. The summed E-state index contributed by atoms with van der Waals surface area (Å²) in [4.78, 5) is 4.25. The summed E-state index contributed by atoms with van der Waals surface area (Å²) in [5.74, 6) is -0.938. The number of aromatic nitrogens is 2. The molecule has 1 heterocycles. The molecule has 2 rings (SSSR count). The molecule has 0 radical (unpaired) electrons. The lowest BCUT2D eigenvalue weighted by molar-refractivity contribution is -0.183. The van der Waals surface area contributed by atoms with Gasteiger partial charge in [0, 0.05) is 5.92 Å². The first-order chi connectivity index (χ1) is 9.59. The highest BCUT2D eigenvalue weighted by Crippen LogP contribution is 2.43. The molecule has 1 fully saturated rings. The summed E-state index contributed by atoms with van der Waals surface area (Å²) < 4.78 is 43.7. The van der Waals surface area contributed by atoms with E-state index in [1.165, 1.54) is 0 Å². The number of nitrogens with zero attached hydrogens (tertiary/aromatic N) is 2. The van der Waals surface area contributed by atoms with Gasteiger partial charge in [0.2, 0.25) is 5.89 Å². The fourth-order valence-corrected chi connectivity index (χ4v) is 2.64. The van der Waals surface area contributed by atoms with E-state index < -0.39 is 18.1 Å². The number of halogens is 3. The molecule has 0 aromatic carbocycles. The molecule has 1 aliphatic rings. The van der Waals surface area contributed by atoms with Gasteiger partial charge in [-0.25, -0.2) is 0 Å². The lowest BCUT2D eigenvalue weighted by Gasteiger charge is -2.28. The molecule has 4 nitrogen and oxygen atoms in total. The van der Waals surface area contributed by atoms with E-state index in [9.17, 15) is 13.2 Å². The molecule has 2 N–H and O–H groups in total. The zero-order valence-corrected chi connectivity index (χ0v) is 12.6. The monoisotopic (exact) mass is 305 g/mol. The van der Waals surface area contributed by atoms with Gasteiger partial charge in [-0.2, -0.15) is 18.2 Å². The SMILES string of the molecule is CC(C)(C)C(N)c1noc(C2CCCC(C(F)(F)F)C2)n1. The van der Waals surface area contributed by atoms with E-state index in [1.54, 1.807) is 0 Å². The van der Waals surface area contributed by atoms with Crippen LogP contribution in [0.3, 0.4) is 0 Å². The first-order valence-electron chi connectivity index (χ1n) is 7.25. The second-order valence-corrected chi connectivity index (χ2v) is 6.94. The molecule has 1 aromatic rings. The molecule has 1 aliphatic carbocycles. The van der Waals surface area contributed by atoms with Gasteiger partial charge in [-0.15, -0.1) is 0 Å². The van der Waals surface area contributed by atoms with Gasteiger partial charge >= 0.3 is 6.18 Å². The fraction of sp³-hybridized carbons (Fsp3) is 0.857. The molecule has 21 heavy (non-hydrogen) atoms. The van der Waals surface area contributed by atoms with Crippen molar-refractivity contribution >= 4 is 0 Å². The maximum absolute atomic E-state index is 12.8. The second kappa shape index (κ2) is 5.59. The van der Waals surface area contributed by atoms with E-state index >= 15 is 0 Å². The zero-order chi connectivity index (χ0) is 15.8. The van der Waals surface area contributed by atoms with Crippen LogP contribution < -0.4 is 5.73 Å². The van der Waals surface area contributed by atoms with Crippen LogP contribution in [0.2, 0.25) is 0 Å². The Kier molecular flexibility index (Phi) is 4.33. The maximum atomic E-state index is 12.8. The van der Waals surface area contributed by atoms with Crippen LogP contribution in [0, 0.1) is 11.3 Å². The summed E-state index contributed by atoms with van der Waals surface area (Å²) in [5, 5.41) is 3.85. The van der Waals surface area contributed by atoms with Gasteiger partial charge in [-0.1, -0.05) is 32.3 Å². The molecule has 0 amide bonds. The van der Waals surface area contributed by atoms with Gasteiger partial charge in [-0.05, 0) is 24.7 Å². The van der Waals surface area contributed by atoms with Crippen LogP contribution in [0.1, 0.15) is 70.1 Å². The smallest absolute Gasteiger partial charge is 0.339 e. The Morgan fingerprint density at radius 3 is 2.48 bits per heavy atom. The number of hydrogen-bond donors (Lipinski definition) is 1. The Balaban J connectivity index is 2.11. The van der Waals surface area contributed by atoms with Crippen LogP contribution in [0.25, 0.3) is 0 Å².